The van der Waals surface area contributed by atoms with Crippen LogP contribution in [0.5, 0.6) is 0 Å². The molecule has 9 aromatic carbocycles. The molecule has 0 spiro atoms. The molecule has 0 unspecified atom stereocenters. The van der Waals surface area contributed by atoms with Gasteiger partial charge in [-0.05, 0) is 129 Å². The first-order valence-corrected chi connectivity index (χ1v) is 22.5. The van der Waals surface area contributed by atoms with E-state index >= 15 is 0 Å². The van der Waals surface area contributed by atoms with Crippen LogP contribution in [0.3, 0.4) is 0 Å². The molecule has 2 aromatic heterocycles. The van der Waals surface area contributed by atoms with Gasteiger partial charge < -0.3 is 9.80 Å². The van der Waals surface area contributed by atoms with Crippen LogP contribution in [-0.2, 0) is 10.8 Å². The lowest BCUT2D eigenvalue weighted by Crippen LogP contribution is -2.30. The van der Waals surface area contributed by atoms with Gasteiger partial charge in [-0.25, -0.2) is 0 Å². The molecule has 0 radical (unpaired) electrons. The second-order valence-electron chi connectivity index (χ2n) is 17.8. The van der Waals surface area contributed by atoms with Gasteiger partial charge in [-0.2, -0.15) is 0 Å². The highest BCUT2D eigenvalue weighted by atomic mass is 32.1. The first-order valence-electron chi connectivity index (χ1n) is 20.9. The second-order valence-corrected chi connectivity index (χ2v) is 20.0. The molecule has 2 nitrogen and oxygen atoms in total. The van der Waals surface area contributed by atoms with E-state index in [1.807, 2.05) is 22.7 Å². The van der Waals surface area contributed by atoms with E-state index in [0.717, 1.165) is 0 Å². The fraction of sp³-hybridized carbons (Fsp3) is 0.107. The van der Waals surface area contributed by atoms with Crippen LogP contribution in [0, 0.1) is 0 Å². The van der Waals surface area contributed by atoms with Crippen molar-refractivity contribution in [3.63, 3.8) is 0 Å². The maximum absolute atomic E-state index is 2.52. The molecule has 286 valence electrons. The Hall–Kier alpha value is -6.46. The van der Waals surface area contributed by atoms with Gasteiger partial charge in [0.05, 0.1) is 22.7 Å². The molecule has 13 rings (SSSR count). The van der Waals surface area contributed by atoms with E-state index in [1.165, 1.54) is 118 Å². The number of thiophene rings is 2. The molecule has 0 fully saturated rings. The topological polar surface area (TPSA) is 6.48 Å². The number of fused-ring (bicyclic) bond motifs is 12. The number of anilines is 6. The van der Waals surface area contributed by atoms with Gasteiger partial charge in [0.1, 0.15) is 0 Å². The van der Waals surface area contributed by atoms with Crippen molar-refractivity contribution in [3.8, 4) is 0 Å². The maximum Gasteiger partial charge on any atom is 0.0517 e. The molecule has 0 atom stereocenters. The lowest BCUT2D eigenvalue weighted by Gasteiger charge is -2.42. The van der Waals surface area contributed by atoms with Crippen LogP contribution in [0.25, 0.3) is 61.9 Å². The molecule has 0 saturated carbocycles. The SMILES string of the molecule is CC1(C)c2cc3ccccc3cc2N(c2ccccc2)c2cc3sc4cc5c(cc4c3cc21)sc1cc2c(cc15)C(C)(C)c1cc3ccccc3cc1N2c1ccccc1. The zero-order valence-corrected chi connectivity index (χ0v) is 35.5. The molecule has 4 heteroatoms. The Labute approximate surface area is 357 Å². The second kappa shape index (κ2) is 12.1. The Morgan fingerprint density at radius 3 is 1.02 bits per heavy atom. The maximum atomic E-state index is 2.52. The van der Waals surface area contributed by atoms with Crippen LogP contribution in [0.1, 0.15) is 49.9 Å². The lowest BCUT2D eigenvalue weighted by molar-refractivity contribution is 0.634. The van der Waals surface area contributed by atoms with Crippen molar-refractivity contribution in [1.82, 2.24) is 0 Å². The third kappa shape index (κ3) is 4.69. The van der Waals surface area contributed by atoms with Crippen LogP contribution in [-0.4, -0.2) is 0 Å². The van der Waals surface area contributed by atoms with Crippen molar-refractivity contribution in [1.29, 1.82) is 0 Å². The van der Waals surface area contributed by atoms with Crippen LogP contribution in [0.4, 0.5) is 34.1 Å². The summed E-state index contributed by atoms with van der Waals surface area (Å²) in [5.41, 5.74) is 12.5. The lowest BCUT2D eigenvalue weighted by atomic mass is 9.72. The summed E-state index contributed by atoms with van der Waals surface area (Å²) in [5.74, 6) is 0. The minimum atomic E-state index is -0.204. The highest BCUT2D eigenvalue weighted by Gasteiger charge is 2.40. The van der Waals surface area contributed by atoms with E-state index in [0.29, 0.717) is 0 Å². The molecule has 0 saturated heterocycles. The summed E-state index contributed by atoms with van der Waals surface area (Å²) in [5, 5.41) is 10.5. The molecular weight excluding hydrogens is 765 g/mol. The van der Waals surface area contributed by atoms with Crippen molar-refractivity contribution < 1.29 is 0 Å². The van der Waals surface area contributed by atoms with E-state index in [9.17, 15) is 0 Å². The quantitative estimate of drug-likeness (QED) is 0.172. The number of hydrogen-bond donors (Lipinski definition) is 0. The molecule has 0 bridgehead atoms. The van der Waals surface area contributed by atoms with Gasteiger partial charge in [0.15, 0.2) is 0 Å². The van der Waals surface area contributed by atoms with Crippen molar-refractivity contribution >= 4 is 119 Å². The zero-order chi connectivity index (χ0) is 40.1. The van der Waals surface area contributed by atoms with Crippen molar-refractivity contribution in [2.24, 2.45) is 0 Å². The Morgan fingerprint density at radius 1 is 0.317 bits per heavy atom. The van der Waals surface area contributed by atoms with Crippen LogP contribution in [0.15, 0.2) is 170 Å². The predicted octanol–water partition coefficient (Wildman–Crippen LogP) is 16.9. The number of para-hydroxylation sites is 2. The minimum absolute atomic E-state index is 0.204. The number of rotatable bonds is 2. The predicted molar refractivity (Wildman–Crippen MR) is 261 cm³/mol. The molecule has 0 aliphatic carbocycles. The van der Waals surface area contributed by atoms with E-state index in [1.54, 1.807) is 0 Å². The molecule has 4 heterocycles. The third-order valence-electron chi connectivity index (χ3n) is 13.7. The van der Waals surface area contributed by atoms with Gasteiger partial charge >= 0.3 is 0 Å². The number of nitrogens with zero attached hydrogens (tertiary/aromatic N) is 2. The summed E-state index contributed by atoms with van der Waals surface area (Å²) in [4.78, 5) is 5.01. The third-order valence-corrected chi connectivity index (χ3v) is 15.9. The Kier molecular flexibility index (Phi) is 6.92. The standard InChI is InChI=1S/C56H40N2S2/c1-55(2)43-23-33-15-11-13-17-35(33)25-47(43)57(37-19-7-5-8-20-37)49-31-53-39(27-45(49)55)41-29-52-42(30-51(41)59-53)40-28-46-50(32-54(40)60-52)58(38-21-9-6-10-22-38)48-26-36-18-14-12-16-34(36)24-44(48)56(46,3)4/h5-32H,1-4H3. The zero-order valence-electron chi connectivity index (χ0n) is 33.9. The smallest absolute Gasteiger partial charge is 0.0517 e. The fourth-order valence-electron chi connectivity index (χ4n) is 10.6. The fourth-order valence-corrected chi connectivity index (χ4v) is 12.9. The van der Waals surface area contributed by atoms with Gasteiger partial charge in [0, 0.05) is 62.5 Å². The molecule has 2 aliphatic rings. The van der Waals surface area contributed by atoms with Gasteiger partial charge in [0.2, 0.25) is 0 Å². The first-order chi connectivity index (χ1) is 29.2. The van der Waals surface area contributed by atoms with Crippen molar-refractivity contribution in [3.05, 3.63) is 192 Å². The van der Waals surface area contributed by atoms with E-state index in [2.05, 4.69) is 207 Å². The summed E-state index contributed by atoms with van der Waals surface area (Å²) in [7, 11) is 0. The summed E-state index contributed by atoms with van der Waals surface area (Å²) in [6.45, 7) is 9.65. The average molecular weight is 805 g/mol. The highest BCUT2D eigenvalue weighted by Crippen LogP contribution is 2.57. The van der Waals surface area contributed by atoms with E-state index in [-0.39, 0.29) is 10.8 Å². The summed E-state index contributed by atoms with van der Waals surface area (Å²) >= 11 is 3.86. The molecule has 0 N–H and O–H groups in total. The molecular formula is C56H40N2S2. The summed E-state index contributed by atoms with van der Waals surface area (Å²) < 4.78 is 5.33. The van der Waals surface area contributed by atoms with Crippen molar-refractivity contribution in [2.45, 2.75) is 38.5 Å². The Bertz CT molecular complexity index is 3370. The van der Waals surface area contributed by atoms with Crippen molar-refractivity contribution in [2.75, 3.05) is 9.80 Å². The van der Waals surface area contributed by atoms with E-state index in [4.69, 9.17) is 0 Å². The molecule has 60 heavy (non-hydrogen) atoms. The monoisotopic (exact) mass is 804 g/mol. The van der Waals surface area contributed by atoms with Crippen LogP contribution < -0.4 is 9.80 Å². The van der Waals surface area contributed by atoms with Gasteiger partial charge in [-0.1, -0.05) is 113 Å². The number of benzene rings is 9. The Morgan fingerprint density at radius 2 is 0.617 bits per heavy atom. The van der Waals surface area contributed by atoms with E-state index < -0.39 is 0 Å². The van der Waals surface area contributed by atoms with Crippen LogP contribution >= 0.6 is 22.7 Å². The minimum Gasteiger partial charge on any atom is -0.310 e. The Balaban J connectivity index is 1.03. The van der Waals surface area contributed by atoms with Gasteiger partial charge in [0.25, 0.3) is 0 Å². The van der Waals surface area contributed by atoms with Crippen LogP contribution in [0.2, 0.25) is 0 Å². The molecule has 0 amide bonds. The highest BCUT2D eigenvalue weighted by molar-refractivity contribution is 7.27. The van der Waals surface area contributed by atoms with Gasteiger partial charge in [-0.15, -0.1) is 22.7 Å². The summed E-state index contributed by atoms with van der Waals surface area (Å²) in [6.07, 6.45) is 0. The number of hydrogen-bond acceptors (Lipinski definition) is 4. The molecule has 2 aliphatic heterocycles. The molecule has 11 aromatic rings. The summed E-state index contributed by atoms with van der Waals surface area (Å²) in [6, 6.07) is 64.1. The average Bonchev–Trinajstić information content (AvgIpc) is 3.80. The van der Waals surface area contributed by atoms with Gasteiger partial charge in [-0.3, -0.25) is 0 Å². The normalized spacial score (nSPS) is 15.2. The largest absolute Gasteiger partial charge is 0.310 e. The first kappa shape index (κ1) is 34.4.